The first-order chi connectivity index (χ1) is 7.33. The summed E-state index contributed by atoms with van der Waals surface area (Å²) in [5, 5.41) is 3.80. The SMILES string of the molecule is ClC=C(Cl)CNCCOC1CCCCC1. The second kappa shape index (κ2) is 8.40. The largest absolute Gasteiger partial charge is 0.377 e. The second-order valence-corrected chi connectivity index (χ2v) is 4.57. The lowest BCUT2D eigenvalue weighted by Gasteiger charge is -2.21. The third-order valence-electron chi connectivity index (χ3n) is 2.60. The van der Waals surface area contributed by atoms with E-state index in [1.807, 2.05) is 0 Å². The predicted octanol–water partition coefficient (Wildman–Crippen LogP) is 3.24. The molecule has 1 rings (SSSR count). The molecular weight excluding hydrogens is 233 g/mol. The fraction of sp³-hybridized carbons (Fsp3) is 0.818. The summed E-state index contributed by atoms with van der Waals surface area (Å²) < 4.78 is 5.74. The van der Waals surface area contributed by atoms with Gasteiger partial charge in [0.15, 0.2) is 0 Å². The summed E-state index contributed by atoms with van der Waals surface area (Å²) in [5.74, 6) is 0. The molecular formula is C11H19Cl2NO. The van der Waals surface area contributed by atoms with Crippen molar-refractivity contribution in [3.8, 4) is 0 Å². The van der Waals surface area contributed by atoms with Gasteiger partial charge in [0.1, 0.15) is 0 Å². The van der Waals surface area contributed by atoms with Gasteiger partial charge in [-0.2, -0.15) is 0 Å². The van der Waals surface area contributed by atoms with E-state index in [4.69, 9.17) is 27.9 Å². The van der Waals surface area contributed by atoms with E-state index in [0.29, 0.717) is 17.7 Å². The van der Waals surface area contributed by atoms with Crippen LogP contribution in [0.15, 0.2) is 10.6 Å². The summed E-state index contributed by atoms with van der Waals surface area (Å²) in [4.78, 5) is 0. The average molecular weight is 252 g/mol. The summed E-state index contributed by atoms with van der Waals surface area (Å²) in [7, 11) is 0. The van der Waals surface area contributed by atoms with Gasteiger partial charge in [-0.15, -0.1) is 0 Å². The van der Waals surface area contributed by atoms with Crippen LogP contribution in [0.4, 0.5) is 0 Å². The molecule has 1 fully saturated rings. The first-order valence-electron chi connectivity index (χ1n) is 5.60. The lowest BCUT2D eigenvalue weighted by atomic mass is 9.98. The molecule has 0 amide bonds. The van der Waals surface area contributed by atoms with Crippen molar-refractivity contribution < 1.29 is 4.74 Å². The van der Waals surface area contributed by atoms with Gasteiger partial charge >= 0.3 is 0 Å². The van der Waals surface area contributed by atoms with Crippen LogP contribution in [-0.2, 0) is 4.74 Å². The molecule has 1 N–H and O–H groups in total. The molecule has 0 heterocycles. The number of hydrogen-bond acceptors (Lipinski definition) is 2. The maximum absolute atomic E-state index is 5.74. The van der Waals surface area contributed by atoms with Crippen LogP contribution in [0.3, 0.4) is 0 Å². The van der Waals surface area contributed by atoms with Crippen LogP contribution >= 0.6 is 23.2 Å². The minimum Gasteiger partial charge on any atom is -0.377 e. The molecule has 0 bridgehead atoms. The number of nitrogens with one attached hydrogen (secondary N) is 1. The van der Waals surface area contributed by atoms with Crippen LogP contribution in [0.2, 0.25) is 0 Å². The maximum Gasteiger partial charge on any atom is 0.0594 e. The van der Waals surface area contributed by atoms with Crippen molar-refractivity contribution >= 4 is 23.2 Å². The van der Waals surface area contributed by atoms with Crippen molar-refractivity contribution in [3.05, 3.63) is 10.6 Å². The fourth-order valence-corrected chi connectivity index (χ4v) is 1.95. The number of halogens is 2. The molecule has 2 nitrogen and oxygen atoms in total. The molecule has 88 valence electrons. The summed E-state index contributed by atoms with van der Waals surface area (Å²) in [6.45, 7) is 2.22. The topological polar surface area (TPSA) is 21.3 Å². The third kappa shape index (κ3) is 6.41. The van der Waals surface area contributed by atoms with Gasteiger partial charge in [-0.25, -0.2) is 0 Å². The monoisotopic (exact) mass is 251 g/mol. The smallest absolute Gasteiger partial charge is 0.0594 e. The number of hydrogen-bond donors (Lipinski definition) is 1. The van der Waals surface area contributed by atoms with E-state index in [2.05, 4.69) is 5.32 Å². The van der Waals surface area contributed by atoms with Gasteiger partial charge in [0, 0.05) is 23.7 Å². The standard InChI is InChI=1S/C11H19Cl2NO/c12-8-10(13)9-14-6-7-15-11-4-2-1-3-5-11/h8,11,14H,1-7,9H2. The fourth-order valence-electron chi connectivity index (χ4n) is 1.78. The summed E-state index contributed by atoms with van der Waals surface area (Å²) >= 11 is 11.1. The summed E-state index contributed by atoms with van der Waals surface area (Å²) in [6.07, 6.45) is 6.94. The van der Waals surface area contributed by atoms with Crippen LogP contribution in [0.25, 0.3) is 0 Å². The highest BCUT2D eigenvalue weighted by molar-refractivity contribution is 6.36. The molecule has 0 atom stereocenters. The Morgan fingerprint density at radius 3 is 2.73 bits per heavy atom. The van der Waals surface area contributed by atoms with Gasteiger partial charge in [-0.3, -0.25) is 0 Å². The van der Waals surface area contributed by atoms with Gasteiger partial charge in [0.25, 0.3) is 0 Å². The Hall–Kier alpha value is 0.240. The Morgan fingerprint density at radius 2 is 2.07 bits per heavy atom. The normalized spacial score (nSPS) is 19.5. The van der Waals surface area contributed by atoms with Crippen molar-refractivity contribution in [2.75, 3.05) is 19.7 Å². The van der Waals surface area contributed by atoms with Crippen molar-refractivity contribution in [3.63, 3.8) is 0 Å². The lowest BCUT2D eigenvalue weighted by Crippen LogP contribution is -2.25. The van der Waals surface area contributed by atoms with E-state index in [1.54, 1.807) is 0 Å². The molecule has 0 aromatic rings. The van der Waals surface area contributed by atoms with Gasteiger partial charge < -0.3 is 10.1 Å². The quantitative estimate of drug-likeness (QED) is 0.733. The highest BCUT2D eigenvalue weighted by Crippen LogP contribution is 2.19. The van der Waals surface area contributed by atoms with Gasteiger partial charge in [0.05, 0.1) is 12.7 Å². The molecule has 0 aliphatic heterocycles. The van der Waals surface area contributed by atoms with E-state index in [1.165, 1.54) is 37.6 Å². The molecule has 0 spiro atoms. The minimum absolute atomic E-state index is 0.486. The highest BCUT2D eigenvalue weighted by Gasteiger charge is 2.12. The molecule has 0 aromatic carbocycles. The van der Waals surface area contributed by atoms with Crippen LogP contribution in [0, 0.1) is 0 Å². The highest BCUT2D eigenvalue weighted by atomic mass is 35.5. The molecule has 1 aliphatic rings. The van der Waals surface area contributed by atoms with E-state index in [0.717, 1.165) is 13.2 Å². The Morgan fingerprint density at radius 1 is 1.33 bits per heavy atom. The molecule has 15 heavy (non-hydrogen) atoms. The molecule has 0 unspecified atom stereocenters. The van der Waals surface area contributed by atoms with Crippen LogP contribution in [0.1, 0.15) is 32.1 Å². The van der Waals surface area contributed by atoms with Crippen molar-refractivity contribution in [2.24, 2.45) is 0 Å². The van der Waals surface area contributed by atoms with Gasteiger partial charge in [-0.05, 0) is 12.8 Å². The Kier molecular flexibility index (Phi) is 7.45. The average Bonchev–Trinajstić information content (AvgIpc) is 2.29. The Balaban J connectivity index is 1.92. The lowest BCUT2D eigenvalue weighted by molar-refractivity contribution is 0.0306. The first kappa shape index (κ1) is 13.3. The Labute approximate surface area is 102 Å². The minimum atomic E-state index is 0.486. The maximum atomic E-state index is 5.74. The predicted molar refractivity (Wildman–Crippen MR) is 65.5 cm³/mol. The first-order valence-corrected chi connectivity index (χ1v) is 6.41. The number of ether oxygens (including phenoxy) is 1. The van der Waals surface area contributed by atoms with E-state index in [-0.39, 0.29) is 0 Å². The third-order valence-corrected chi connectivity index (χ3v) is 3.21. The second-order valence-electron chi connectivity index (χ2n) is 3.86. The Bertz CT molecular complexity index is 191. The van der Waals surface area contributed by atoms with E-state index < -0.39 is 0 Å². The van der Waals surface area contributed by atoms with Crippen molar-refractivity contribution in [1.82, 2.24) is 5.32 Å². The van der Waals surface area contributed by atoms with Gasteiger partial charge in [-0.1, -0.05) is 42.5 Å². The zero-order valence-corrected chi connectivity index (χ0v) is 10.5. The molecule has 4 heteroatoms. The van der Waals surface area contributed by atoms with Gasteiger partial charge in [0.2, 0.25) is 0 Å². The van der Waals surface area contributed by atoms with Crippen LogP contribution in [-0.4, -0.2) is 25.8 Å². The van der Waals surface area contributed by atoms with Crippen molar-refractivity contribution in [2.45, 2.75) is 38.2 Å². The van der Waals surface area contributed by atoms with Crippen LogP contribution in [0.5, 0.6) is 0 Å². The molecule has 1 saturated carbocycles. The van der Waals surface area contributed by atoms with Crippen molar-refractivity contribution in [1.29, 1.82) is 0 Å². The summed E-state index contributed by atoms with van der Waals surface area (Å²) in [6, 6.07) is 0. The molecule has 0 radical (unpaired) electrons. The molecule has 0 saturated heterocycles. The zero-order valence-electron chi connectivity index (χ0n) is 8.98. The molecule has 0 aromatic heterocycles. The van der Waals surface area contributed by atoms with Crippen LogP contribution < -0.4 is 5.32 Å². The zero-order chi connectivity index (χ0) is 10.9. The summed E-state index contributed by atoms with van der Waals surface area (Å²) in [5.41, 5.74) is 1.39. The van der Waals surface area contributed by atoms with E-state index in [9.17, 15) is 0 Å². The van der Waals surface area contributed by atoms with E-state index >= 15 is 0 Å². The molecule has 1 aliphatic carbocycles. The number of rotatable bonds is 6.